The predicted octanol–water partition coefficient (Wildman–Crippen LogP) is 3.65. The van der Waals surface area contributed by atoms with Gasteiger partial charge in [-0.2, -0.15) is 4.98 Å². The molecule has 1 atom stereocenters. The molecule has 1 aromatic heterocycles. The Kier molecular flexibility index (Phi) is 9.26. The molecule has 15 heteroatoms. The zero-order valence-electron chi connectivity index (χ0n) is 23.0. The summed E-state index contributed by atoms with van der Waals surface area (Å²) in [4.78, 5) is 47.3. The first kappa shape index (κ1) is 31.2. The summed E-state index contributed by atoms with van der Waals surface area (Å²) < 4.78 is 32.4. The molecule has 0 aliphatic carbocycles. The van der Waals surface area contributed by atoms with E-state index in [0.29, 0.717) is 40.1 Å². The Morgan fingerprint density at radius 1 is 1.12 bits per heavy atom. The number of methoxy groups -OCH3 is 1. The zero-order chi connectivity index (χ0) is 30.9. The second kappa shape index (κ2) is 12.8. The van der Waals surface area contributed by atoms with Gasteiger partial charge in [0.1, 0.15) is 11.6 Å². The number of rotatable bonds is 9. The molecule has 43 heavy (non-hydrogen) atoms. The van der Waals surface area contributed by atoms with Crippen LogP contribution in [0.5, 0.6) is 11.5 Å². The fourth-order valence-corrected chi connectivity index (χ4v) is 7.85. The molecular weight excluding hydrogens is 639 g/mol. The van der Waals surface area contributed by atoms with Crippen molar-refractivity contribution in [3.8, 4) is 11.5 Å². The van der Waals surface area contributed by atoms with Crippen LogP contribution in [-0.2, 0) is 21.2 Å². The Labute approximate surface area is 262 Å². The highest BCUT2D eigenvalue weighted by atomic mass is 35.5. The second-order valence-corrected chi connectivity index (χ2v) is 14.0. The third kappa shape index (κ3) is 6.49. The molecule has 1 fully saturated rings. The molecule has 3 aromatic rings. The molecule has 3 heterocycles. The van der Waals surface area contributed by atoms with Crippen molar-refractivity contribution in [1.29, 1.82) is 0 Å². The van der Waals surface area contributed by atoms with Gasteiger partial charge in [-0.1, -0.05) is 23.2 Å². The molecule has 0 bridgehead atoms. The van der Waals surface area contributed by atoms with E-state index in [9.17, 15) is 27.9 Å². The number of carbonyl (C=O) groups excluding carboxylic acids is 2. The van der Waals surface area contributed by atoms with E-state index in [-0.39, 0.29) is 53.5 Å². The Morgan fingerprint density at radius 3 is 2.58 bits per heavy atom. The first-order chi connectivity index (χ1) is 20.5. The number of sulfone groups is 1. The number of nitrogens with zero attached hydrogens (tertiary/aromatic N) is 4. The first-order valence-corrected chi connectivity index (χ1v) is 16.8. The molecule has 1 saturated heterocycles. The van der Waals surface area contributed by atoms with Crippen LogP contribution in [0.3, 0.4) is 0 Å². The van der Waals surface area contributed by atoms with Crippen LogP contribution in [0.1, 0.15) is 35.2 Å². The van der Waals surface area contributed by atoms with Gasteiger partial charge in [0.15, 0.2) is 15.5 Å². The van der Waals surface area contributed by atoms with Crippen LogP contribution in [0.2, 0.25) is 10.0 Å². The lowest BCUT2D eigenvalue weighted by Gasteiger charge is -2.33. The number of halogens is 2. The molecular formula is C28H28Cl2N4O7S2. The summed E-state index contributed by atoms with van der Waals surface area (Å²) in [7, 11) is -2.25. The van der Waals surface area contributed by atoms with Crippen LogP contribution in [0.25, 0.3) is 0 Å². The van der Waals surface area contributed by atoms with E-state index < -0.39 is 33.1 Å². The number of fused-ring (bicyclic) bond motifs is 1. The zero-order valence-corrected chi connectivity index (χ0v) is 26.2. The van der Waals surface area contributed by atoms with Gasteiger partial charge in [-0.3, -0.25) is 14.4 Å². The molecule has 1 N–H and O–H groups in total. The van der Waals surface area contributed by atoms with E-state index in [1.165, 1.54) is 52.6 Å². The van der Waals surface area contributed by atoms with Crippen molar-refractivity contribution in [3.63, 3.8) is 0 Å². The lowest BCUT2D eigenvalue weighted by atomic mass is 10.1. The average Bonchev–Trinajstić information content (AvgIpc) is 3.48. The van der Waals surface area contributed by atoms with Crippen LogP contribution in [-0.4, -0.2) is 82.9 Å². The van der Waals surface area contributed by atoms with Crippen molar-refractivity contribution in [2.75, 3.05) is 38.2 Å². The number of aromatic nitrogens is 2. The molecule has 228 valence electrons. The summed E-state index contributed by atoms with van der Waals surface area (Å²) in [5, 5.41) is 11.6. The Morgan fingerprint density at radius 2 is 1.86 bits per heavy atom. The standard InChI is InChI=1S/C28H28Cl2N4O7S2/c1-41-18-5-7-19(8-6-18)43(39,40)14-13-32-11-12-34-24(28(32)38)25(36)27(37)31-26(34)21-3-2-10-33(21)23(35)16-42-22-15-17(29)4-9-20(22)30/h4-9,15,21,36H,2-3,10-14,16H2,1H3/t21-/m0/s1. The van der Waals surface area contributed by atoms with Crippen LogP contribution in [0, 0.1) is 0 Å². The van der Waals surface area contributed by atoms with E-state index in [0.717, 1.165) is 0 Å². The smallest absolute Gasteiger partial charge is 0.315 e. The van der Waals surface area contributed by atoms with Crippen LogP contribution >= 0.6 is 35.0 Å². The number of hydrogen-bond acceptors (Lipinski definition) is 9. The van der Waals surface area contributed by atoms with Gasteiger partial charge in [0.25, 0.3) is 5.91 Å². The number of likely N-dealkylation sites (tertiary alicyclic amines) is 1. The van der Waals surface area contributed by atoms with E-state index in [1.807, 2.05) is 0 Å². The maximum atomic E-state index is 13.5. The van der Waals surface area contributed by atoms with Gasteiger partial charge >= 0.3 is 5.56 Å². The van der Waals surface area contributed by atoms with Crippen molar-refractivity contribution in [2.45, 2.75) is 35.2 Å². The van der Waals surface area contributed by atoms with Crippen molar-refractivity contribution >= 4 is 56.6 Å². The van der Waals surface area contributed by atoms with Crippen molar-refractivity contribution in [2.24, 2.45) is 0 Å². The molecule has 2 aliphatic rings. The Balaban J connectivity index is 1.34. The number of ether oxygens (including phenoxy) is 1. The highest BCUT2D eigenvalue weighted by Gasteiger charge is 2.38. The number of aromatic hydroxyl groups is 1. The van der Waals surface area contributed by atoms with Gasteiger partial charge in [-0.25, -0.2) is 8.42 Å². The number of amides is 2. The summed E-state index contributed by atoms with van der Waals surface area (Å²) in [6.45, 7) is 0.578. The van der Waals surface area contributed by atoms with E-state index in [1.54, 1.807) is 23.1 Å². The molecule has 0 saturated carbocycles. The highest BCUT2D eigenvalue weighted by molar-refractivity contribution is 8.00. The molecule has 0 radical (unpaired) electrons. The average molecular weight is 668 g/mol. The maximum absolute atomic E-state index is 13.5. The number of hydrogen-bond donors (Lipinski definition) is 1. The summed E-state index contributed by atoms with van der Waals surface area (Å²) in [5.41, 5.74) is -1.25. The topological polar surface area (TPSA) is 139 Å². The molecule has 5 rings (SSSR count). The van der Waals surface area contributed by atoms with Gasteiger partial charge in [0.05, 0.1) is 34.6 Å². The second-order valence-electron chi connectivity index (χ2n) is 10.0. The van der Waals surface area contributed by atoms with E-state index >= 15 is 0 Å². The monoisotopic (exact) mass is 666 g/mol. The van der Waals surface area contributed by atoms with Gasteiger partial charge in [0, 0.05) is 36.1 Å². The lowest BCUT2D eigenvalue weighted by molar-refractivity contribution is -0.129. The van der Waals surface area contributed by atoms with Crippen molar-refractivity contribution < 1.29 is 27.9 Å². The Hall–Kier alpha value is -3.26. The lowest BCUT2D eigenvalue weighted by Crippen LogP contribution is -2.46. The summed E-state index contributed by atoms with van der Waals surface area (Å²) in [6, 6.07) is 10.4. The van der Waals surface area contributed by atoms with Crippen LogP contribution < -0.4 is 10.3 Å². The molecule has 2 aromatic carbocycles. The molecule has 2 aliphatic heterocycles. The first-order valence-electron chi connectivity index (χ1n) is 13.4. The van der Waals surface area contributed by atoms with Crippen molar-refractivity contribution in [3.05, 3.63) is 74.4 Å². The largest absolute Gasteiger partial charge is 0.501 e. The minimum absolute atomic E-state index is 0.0705. The van der Waals surface area contributed by atoms with E-state index in [2.05, 4.69) is 4.98 Å². The number of thioether (sulfide) groups is 1. The summed E-state index contributed by atoms with van der Waals surface area (Å²) in [5.74, 6) is -1.25. The quantitative estimate of drug-likeness (QED) is 0.339. The predicted molar refractivity (Wildman–Crippen MR) is 162 cm³/mol. The van der Waals surface area contributed by atoms with Gasteiger partial charge in [-0.15, -0.1) is 11.8 Å². The highest BCUT2D eigenvalue weighted by Crippen LogP contribution is 2.35. The fourth-order valence-electron chi connectivity index (χ4n) is 5.22. The SMILES string of the molecule is COc1ccc(S(=O)(=O)CCN2CCn3c([C@@H]4CCCN4C(=O)CSc4cc(Cl)ccc4Cl)nc(=O)c(O)c3C2=O)cc1. The van der Waals surface area contributed by atoms with Crippen LogP contribution in [0.15, 0.2) is 57.1 Å². The normalized spacial score (nSPS) is 16.8. The van der Waals surface area contributed by atoms with Crippen LogP contribution in [0.4, 0.5) is 0 Å². The molecule has 11 nitrogen and oxygen atoms in total. The van der Waals surface area contributed by atoms with Gasteiger partial charge in [-0.05, 0) is 55.3 Å². The third-order valence-corrected chi connectivity index (χ3v) is 10.9. The van der Waals surface area contributed by atoms with Gasteiger partial charge in [0.2, 0.25) is 11.7 Å². The number of benzene rings is 2. The summed E-state index contributed by atoms with van der Waals surface area (Å²) >= 11 is 13.6. The van der Waals surface area contributed by atoms with Crippen molar-refractivity contribution in [1.82, 2.24) is 19.4 Å². The number of carbonyl (C=O) groups is 2. The molecule has 0 spiro atoms. The summed E-state index contributed by atoms with van der Waals surface area (Å²) in [6.07, 6.45) is 1.18. The maximum Gasteiger partial charge on any atom is 0.315 e. The fraction of sp³-hybridized carbons (Fsp3) is 0.357. The van der Waals surface area contributed by atoms with Gasteiger partial charge < -0.3 is 24.2 Å². The minimum atomic E-state index is -3.73. The third-order valence-electron chi connectivity index (χ3n) is 7.44. The molecule has 0 unspecified atom stereocenters. The minimum Gasteiger partial charge on any atom is -0.501 e. The molecule has 2 amide bonds. The Bertz CT molecular complexity index is 1730. The van der Waals surface area contributed by atoms with E-state index in [4.69, 9.17) is 27.9 Å².